The third-order valence-electron chi connectivity index (χ3n) is 4.68. The van der Waals surface area contributed by atoms with Gasteiger partial charge in [-0.3, -0.25) is 5.41 Å². The van der Waals surface area contributed by atoms with Crippen LogP contribution >= 0.6 is 0 Å². The Bertz CT molecular complexity index is 828. The van der Waals surface area contributed by atoms with Crippen molar-refractivity contribution in [3.8, 4) is 5.75 Å². The fourth-order valence-corrected chi connectivity index (χ4v) is 2.92. The monoisotopic (exact) mass is 384 g/mol. The van der Waals surface area contributed by atoms with E-state index in [0.717, 1.165) is 42.0 Å². The molecule has 1 N–H and O–H groups in total. The lowest BCUT2D eigenvalue weighted by molar-refractivity contribution is 0.357. The fraction of sp³-hybridized carbons (Fsp3) is 0.364. The summed E-state index contributed by atoms with van der Waals surface area (Å²) in [5.41, 5.74) is 5.50. The predicted molar refractivity (Wildman–Crippen MR) is 119 cm³/mol. The van der Waals surface area contributed by atoms with Gasteiger partial charge in [-0.1, -0.05) is 42.8 Å². The standard InChI is InChI=1S/C22H29N3OS/c1-6-25(5)12-11-19-13-17(4)20(14-16(19)3)26-22(27)24-21(23)18-9-7-15(2)8-10-18/h7-10,13-14H,6,11-12H2,1-5H3,(H2,23,24,27)/p+1. The molecule has 144 valence electrons. The van der Waals surface area contributed by atoms with Crippen LogP contribution in [0.25, 0.3) is 0 Å². The molecule has 0 aromatic heterocycles. The van der Waals surface area contributed by atoms with Crippen LogP contribution in [0, 0.1) is 26.2 Å². The van der Waals surface area contributed by atoms with E-state index in [-0.39, 0.29) is 11.1 Å². The molecule has 0 aliphatic carbocycles. The summed E-state index contributed by atoms with van der Waals surface area (Å²) < 4.78 is 5.86. The van der Waals surface area contributed by atoms with Crippen molar-refractivity contribution in [2.24, 2.45) is 4.99 Å². The van der Waals surface area contributed by atoms with E-state index >= 15 is 0 Å². The van der Waals surface area contributed by atoms with Crippen LogP contribution in [0.1, 0.15) is 34.7 Å². The van der Waals surface area contributed by atoms with Gasteiger partial charge in [0.05, 0.1) is 12.6 Å². The van der Waals surface area contributed by atoms with Gasteiger partial charge in [-0.05, 0) is 63.5 Å². The molecule has 2 rings (SSSR count). The molecule has 0 saturated carbocycles. The summed E-state index contributed by atoms with van der Waals surface area (Å²) in [5, 5.41) is 8.42. The molecular weight excluding hydrogens is 354 g/mol. The minimum Gasteiger partial charge on any atom is -0.402 e. The van der Waals surface area contributed by atoms with Crippen molar-refractivity contribution in [3.05, 3.63) is 64.2 Å². The first-order chi connectivity index (χ1) is 12.8. The van der Waals surface area contributed by atoms with Crippen LogP contribution in [0.3, 0.4) is 0 Å². The average Bonchev–Trinajstić information content (AvgIpc) is 2.63. The van der Waals surface area contributed by atoms with E-state index in [1.807, 2.05) is 44.2 Å². The SMILES string of the molecule is CCN(C)CCc1cc(C)c(OC([SH2+])=NC(=N)c2ccc(C)cc2)cc1C. The van der Waals surface area contributed by atoms with Gasteiger partial charge in [0.2, 0.25) is 0 Å². The zero-order valence-electron chi connectivity index (χ0n) is 16.9. The van der Waals surface area contributed by atoms with Crippen LogP contribution < -0.4 is 4.74 Å². The summed E-state index contributed by atoms with van der Waals surface area (Å²) in [7, 11) is 2.13. The zero-order valence-corrected chi connectivity index (χ0v) is 17.9. The lowest BCUT2D eigenvalue weighted by Crippen LogP contribution is -2.20. The molecule has 0 fully saturated rings. The molecule has 0 amide bonds. The third kappa shape index (κ3) is 6.22. The first-order valence-corrected chi connectivity index (χ1v) is 9.72. The largest absolute Gasteiger partial charge is 0.414 e. The number of hydrogen-bond donors (Lipinski definition) is 1. The Balaban J connectivity index is 2.10. The second kappa shape index (κ2) is 9.72. The average molecular weight is 385 g/mol. The second-order valence-corrected chi connectivity index (χ2v) is 7.35. The maximum absolute atomic E-state index is 8.14. The Morgan fingerprint density at radius 3 is 2.41 bits per heavy atom. The molecule has 2 aromatic rings. The number of rotatable bonds is 6. The van der Waals surface area contributed by atoms with E-state index in [0.29, 0.717) is 0 Å². The van der Waals surface area contributed by atoms with Crippen molar-refractivity contribution in [1.82, 2.24) is 4.90 Å². The van der Waals surface area contributed by atoms with E-state index in [9.17, 15) is 0 Å². The van der Waals surface area contributed by atoms with E-state index in [1.54, 1.807) is 0 Å². The smallest absolute Gasteiger partial charge is 0.402 e. The van der Waals surface area contributed by atoms with Gasteiger partial charge in [-0.15, -0.1) is 4.99 Å². The molecule has 0 unspecified atom stereocenters. The quantitative estimate of drug-likeness (QED) is 0.467. The summed E-state index contributed by atoms with van der Waals surface area (Å²) >= 11 is 3.40. The second-order valence-electron chi connectivity index (χ2n) is 6.92. The molecule has 0 atom stereocenters. The number of ether oxygens (including phenoxy) is 1. The molecular formula is C22H30N3OS+. The van der Waals surface area contributed by atoms with Gasteiger partial charge in [0, 0.05) is 12.1 Å². The Labute approximate surface area is 168 Å². The van der Waals surface area contributed by atoms with Gasteiger partial charge >= 0.3 is 5.23 Å². The minimum absolute atomic E-state index is 0.161. The summed E-state index contributed by atoms with van der Waals surface area (Å²) in [6.07, 6.45) is 1.02. The van der Waals surface area contributed by atoms with Crippen LogP contribution in [-0.4, -0.2) is 36.1 Å². The number of nitrogens with one attached hydrogen (secondary N) is 1. The van der Waals surface area contributed by atoms with Gasteiger partial charge in [0.25, 0.3) is 0 Å². The van der Waals surface area contributed by atoms with Crippen molar-refractivity contribution in [2.45, 2.75) is 34.1 Å². The highest BCUT2D eigenvalue weighted by Crippen LogP contribution is 2.24. The highest BCUT2D eigenvalue weighted by molar-refractivity contribution is 7.77. The van der Waals surface area contributed by atoms with Crippen molar-refractivity contribution in [3.63, 3.8) is 0 Å². The number of aliphatic imine (C=N–C) groups is 1. The number of likely N-dealkylation sites (N-methyl/N-ethyl adjacent to an activating group) is 1. The fourth-order valence-electron chi connectivity index (χ4n) is 2.70. The molecule has 0 saturated heterocycles. The van der Waals surface area contributed by atoms with Crippen LogP contribution in [0.5, 0.6) is 5.75 Å². The van der Waals surface area contributed by atoms with Crippen LogP contribution in [0.15, 0.2) is 41.4 Å². The number of benzene rings is 2. The zero-order chi connectivity index (χ0) is 20.0. The van der Waals surface area contributed by atoms with Gasteiger partial charge in [-0.2, -0.15) is 0 Å². The topological polar surface area (TPSA) is 48.7 Å². The van der Waals surface area contributed by atoms with E-state index in [4.69, 9.17) is 10.1 Å². The Morgan fingerprint density at radius 2 is 1.78 bits per heavy atom. The maximum Gasteiger partial charge on any atom is 0.414 e. The molecule has 0 aliphatic heterocycles. The van der Waals surface area contributed by atoms with E-state index in [1.165, 1.54) is 11.1 Å². The highest BCUT2D eigenvalue weighted by atomic mass is 32.1. The predicted octanol–water partition coefficient (Wildman–Crippen LogP) is 3.88. The van der Waals surface area contributed by atoms with E-state index in [2.05, 4.69) is 49.5 Å². The number of hydrogen-bond acceptors (Lipinski definition) is 3. The molecule has 5 heteroatoms. The van der Waals surface area contributed by atoms with E-state index < -0.39 is 0 Å². The maximum atomic E-state index is 8.14. The molecule has 0 radical (unpaired) electrons. The van der Waals surface area contributed by atoms with Crippen molar-refractivity contribution >= 4 is 23.7 Å². The van der Waals surface area contributed by atoms with Gasteiger partial charge in [-0.25, -0.2) is 0 Å². The molecule has 0 spiro atoms. The molecule has 27 heavy (non-hydrogen) atoms. The summed E-state index contributed by atoms with van der Waals surface area (Å²) in [6.45, 7) is 10.4. The normalized spacial score (nSPS) is 11.7. The number of nitrogens with zero attached hydrogens (tertiary/aromatic N) is 2. The summed E-state index contributed by atoms with van der Waals surface area (Å²) in [6, 6.07) is 11.9. The molecule has 4 nitrogen and oxygen atoms in total. The Hall–Kier alpha value is -2.11. The third-order valence-corrected chi connectivity index (χ3v) is 4.90. The minimum atomic E-state index is 0.161. The van der Waals surface area contributed by atoms with Crippen LogP contribution in [0.2, 0.25) is 0 Å². The van der Waals surface area contributed by atoms with Crippen LogP contribution in [-0.2, 0) is 19.0 Å². The van der Waals surface area contributed by atoms with Gasteiger partial charge in [0.15, 0.2) is 5.84 Å². The van der Waals surface area contributed by atoms with Crippen molar-refractivity contribution in [1.29, 1.82) is 5.41 Å². The van der Waals surface area contributed by atoms with Crippen molar-refractivity contribution in [2.75, 3.05) is 20.1 Å². The first-order valence-electron chi connectivity index (χ1n) is 9.22. The van der Waals surface area contributed by atoms with Gasteiger partial charge in [0.1, 0.15) is 5.75 Å². The first kappa shape index (κ1) is 21.2. The lowest BCUT2D eigenvalue weighted by atomic mass is 10.0. The molecule has 0 heterocycles. The Kier molecular flexibility index (Phi) is 7.63. The Morgan fingerprint density at radius 1 is 1.11 bits per heavy atom. The summed E-state index contributed by atoms with van der Waals surface area (Å²) in [5.74, 6) is 0.916. The van der Waals surface area contributed by atoms with Crippen LogP contribution in [0.4, 0.5) is 0 Å². The highest BCUT2D eigenvalue weighted by Gasteiger charge is 2.12. The number of amidine groups is 1. The van der Waals surface area contributed by atoms with Crippen molar-refractivity contribution < 1.29 is 4.74 Å². The lowest BCUT2D eigenvalue weighted by Gasteiger charge is -2.16. The molecule has 2 aromatic carbocycles. The number of aryl methyl sites for hydroxylation is 3. The molecule has 0 aliphatic rings. The summed E-state index contributed by atoms with van der Waals surface area (Å²) in [4.78, 5) is 6.53. The molecule has 0 bridgehead atoms. The van der Waals surface area contributed by atoms with Gasteiger partial charge < -0.3 is 9.64 Å².